The number of carbonyl (C=O) groups excluding carboxylic acids is 2. The van der Waals surface area contributed by atoms with Crippen LogP contribution < -0.4 is 10.6 Å². The Labute approximate surface area is 191 Å². The molecule has 168 valence electrons. The van der Waals surface area contributed by atoms with Gasteiger partial charge in [-0.1, -0.05) is 30.0 Å². The first-order valence-electron chi connectivity index (χ1n) is 9.83. The summed E-state index contributed by atoms with van der Waals surface area (Å²) in [5.74, 6) is -1.65. The topological polar surface area (TPSA) is 97.1 Å². The highest BCUT2D eigenvalue weighted by Gasteiger charge is 2.19. The molecule has 0 aliphatic heterocycles. The molecule has 2 aromatic carbocycles. The number of benzene rings is 2. The van der Waals surface area contributed by atoms with E-state index in [-0.39, 0.29) is 34.0 Å². The maximum atomic E-state index is 13.8. The van der Waals surface area contributed by atoms with E-state index < -0.39 is 17.5 Å². The van der Waals surface area contributed by atoms with E-state index in [4.69, 9.17) is 4.42 Å². The molecule has 7 nitrogen and oxygen atoms in total. The molecule has 2 N–H and O–H groups in total. The number of aryl methyl sites for hydroxylation is 2. The van der Waals surface area contributed by atoms with Gasteiger partial charge in [0.15, 0.2) is 5.16 Å². The van der Waals surface area contributed by atoms with E-state index in [0.29, 0.717) is 16.7 Å². The first-order chi connectivity index (χ1) is 15.8. The largest absolute Gasteiger partial charge is 0.443 e. The lowest BCUT2D eigenvalue weighted by molar-refractivity contribution is -0.113. The molecule has 0 radical (unpaired) electrons. The third kappa shape index (κ3) is 5.01. The van der Waals surface area contributed by atoms with Crippen molar-refractivity contribution in [1.29, 1.82) is 0 Å². The summed E-state index contributed by atoms with van der Waals surface area (Å²) >= 11 is 0.963. The smallest absolute Gasteiger partial charge is 0.256 e. The fourth-order valence-corrected chi connectivity index (χ4v) is 3.70. The average molecular weight is 468 g/mol. The molecule has 0 saturated carbocycles. The quantitative estimate of drug-likeness (QED) is 0.302. The van der Waals surface area contributed by atoms with Gasteiger partial charge in [0.1, 0.15) is 23.2 Å². The van der Waals surface area contributed by atoms with Crippen molar-refractivity contribution in [3.05, 3.63) is 77.1 Å². The number of halogens is 2. The fraction of sp³-hybridized carbons (Fsp3) is 0.130. The highest BCUT2D eigenvalue weighted by atomic mass is 32.2. The third-order valence-electron chi connectivity index (χ3n) is 4.81. The number of aromatic nitrogens is 2. The number of rotatable bonds is 6. The second kappa shape index (κ2) is 9.37. The van der Waals surface area contributed by atoms with Gasteiger partial charge in [-0.2, -0.15) is 4.98 Å². The number of hydrogen-bond donors (Lipinski definition) is 2. The Kier molecular flexibility index (Phi) is 6.36. The van der Waals surface area contributed by atoms with Crippen molar-refractivity contribution in [2.75, 3.05) is 16.4 Å². The van der Waals surface area contributed by atoms with Crippen LogP contribution >= 0.6 is 11.8 Å². The third-order valence-corrected chi connectivity index (χ3v) is 5.66. The molecule has 2 heterocycles. The molecule has 0 atom stereocenters. The van der Waals surface area contributed by atoms with Crippen molar-refractivity contribution >= 4 is 46.2 Å². The van der Waals surface area contributed by atoms with Crippen LogP contribution in [-0.4, -0.2) is 27.5 Å². The van der Waals surface area contributed by atoms with Gasteiger partial charge < -0.3 is 15.1 Å². The summed E-state index contributed by atoms with van der Waals surface area (Å²) in [5, 5.41) is 5.84. The highest BCUT2D eigenvalue weighted by Crippen LogP contribution is 2.31. The van der Waals surface area contributed by atoms with Gasteiger partial charge in [-0.3, -0.25) is 9.59 Å². The van der Waals surface area contributed by atoms with Crippen LogP contribution in [-0.2, 0) is 4.79 Å². The van der Waals surface area contributed by atoms with Crippen LogP contribution in [0, 0.1) is 25.5 Å². The van der Waals surface area contributed by atoms with Crippen LogP contribution in [0.1, 0.15) is 21.7 Å². The zero-order chi connectivity index (χ0) is 23.5. The summed E-state index contributed by atoms with van der Waals surface area (Å²) in [4.78, 5) is 33.7. The molecule has 0 aliphatic rings. The lowest BCUT2D eigenvalue weighted by atomic mass is 10.2. The van der Waals surface area contributed by atoms with Crippen molar-refractivity contribution in [1.82, 2.24) is 9.97 Å². The second-order valence-corrected chi connectivity index (χ2v) is 8.04. The van der Waals surface area contributed by atoms with E-state index in [9.17, 15) is 18.4 Å². The Hall–Kier alpha value is -3.79. The van der Waals surface area contributed by atoms with Crippen LogP contribution in [0.25, 0.3) is 11.1 Å². The monoisotopic (exact) mass is 468 g/mol. The summed E-state index contributed by atoms with van der Waals surface area (Å²) in [6, 6.07) is 11.4. The minimum absolute atomic E-state index is 0.174. The van der Waals surface area contributed by atoms with Crippen LogP contribution in [0.15, 0.2) is 58.1 Å². The lowest BCUT2D eigenvalue weighted by Crippen LogP contribution is -2.16. The highest BCUT2D eigenvalue weighted by molar-refractivity contribution is 7.99. The number of furan rings is 1. The van der Waals surface area contributed by atoms with Gasteiger partial charge in [-0.25, -0.2) is 13.8 Å². The summed E-state index contributed by atoms with van der Waals surface area (Å²) in [6.45, 7) is 3.60. The number of nitrogens with zero attached hydrogens (tertiary/aromatic N) is 2. The van der Waals surface area contributed by atoms with Crippen LogP contribution in [0.3, 0.4) is 0 Å². The molecule has 4 rings (SSSR count). The summed E-state index contributed by atoms with van der Waals surface area (Å²) < 4.78 is 32.8. The minimum Gasteiger partial charge on any atom is -0.443 e. The van der Waals surface area contributed by atoms with E-state index in [1.165, 1.54) is 0 Å². The molecule has 0 unspecified atom stereocenters. The van der Waals surface area contributed by atoms with Gasteiger partial charge >= 0.3 is 0 Å². The molecule has 4 aromatic rings. The molecule has 0 saturated heterocycles. The van der Waals surface area contributed by atoms with E-state index in [2.05, 4.69) is 20.6 Å². The Morgan fingerprint density at radius 2 is 1.79 bits per heavy atom. The number of thioether (sulfide) groups is 1. The molecule has 2 amide bonds. The normalized spacial score (nSPS) is 10.9. The van der Waals surface area contributed by atoms with Crippen LogP contribution in [0.5, 0.6) is 0 Å². The molecule has 0 bridgehead atoms. The molecule has 0 aliphatic carbocycles. The molecular formula is C23H18F2N4O3S. The summed E-state index contributed by atoms with van der Waals surface area (Å²) in [6.07, 6.45) is 0. The number of carbonyl (C=O) groups is 2. The van der Waals surface area contributed by atoms with Gasteiger partial charge in [0, 0.05) is 17.2 Å². The number of hydrogen-bond acceptors (Lipinski definition) is 6. The van der Waals surface area contributed by atoms with E-state index >= 15 is 0 Å². The predicted molar refractivity (Wildman–Crippen MR) is 121 cm³/mol. The number of fused-ring (bicyclic) bond motifs is 1. The van der Waals surface area contributed by atoms with Gasteiger partial charge in [0.25, 0.3) is 5.91 Å². The predicted octanol–water partition coefficient (Wildman–Crippen LogP) is 5.10. The van der Waals surface area contributed by atoms with E-state index in [1.807, 2.05) is 6.92 Å². The molecule has 2 aromatic heterocycles. The first-order valence-corrected chi connectivity index (χ1v) is 10.8. The van der Waals surface area contributed by atoms with Gasteiger partial charge in [-0.05, 0) is 38.1 Å². The average Bonchev–Trinajstić information content (AvgIpc) is 3.09. The zero-order valence-corrected chi connectivity index (χ0v) is 18.4. The summed E-state index contributed by atoms with van der Waals surface area (Å²) in [5.41, 5.74) is 1.24. The molecule has 10 heteroatoms. The maximum absolute atomic E-state index is 13.8. The SMILES string of the molecule is Cc1oc2nc(SCC(=O)Nc3cc(F)ccc3F)nc(NC(=O)c3ccccc3)c2c1C. The van der Waals surface area contributed by atoms with Gasteiger partial charge in [0.2, 0.25) is 11.6 Å². The number of nitrogens with one attached hydrogen (secondary N) is 2. The first kappa shape index (κ1) is 22.4. The molecule has 33 heavy (non-hydrogen) atoms. The van der Waals surface area contributed by atoms with Gasteiger partial charge in [0.05, 0.1) is 16.8 Å². The van der Waals surface area contributed by atoms with Crippen molar-refractivity contribution in [3.8, 4) is 0 Å². The van der Waals surface area contributed by atoms with E-state index in [0.717, 1.165) is 35.5 Å². The molecule has 0 fully saturated rings. The van der Waals surface area contributed by atoms with Crippen molar-refractivity contribution < 1.29 is 22.8 Å². The van der Waals surface area contributed by atoms with Gasteiger partial charge in [-0.15, -0.1) is 0 Å². The Bertz CT molecular complexity index is 1360. The Balaban J connectivity index is 1.56. The minimum atomic E-state index is -0.750. The second-order valence-electron chi connectivity index (χ2n) is 7.10. The Morgan fingerprint density at radius 1 is 1.03 bits per heavy atom. The Morgan fingerprint density at radius 3 is 2.55 bits per heavy atom. The maximum Gasteiger partial charge on any atom is 0.256 e. The van der Waals surface area contributed by atoms with Crippen molar-refractivity contribution in [2.45, 2.75) is 19.0 Å². The fourth-order valence-electron chi connectivity index (χ4n) is 3.06. The number of anilines is 2. The van der Waals surface area contributed by atoms with Crippen LogP contribution in [0.4, 0.5) is 20.3 Å². The standard InChI is InChI=1S/C23H18F2N4O3S/c1-12-13(2)32-22-19(12)20(27-21(31)14-6-4-3-5-7-14)28-23(29-22)33-11-18(30)26-17-10-15(24)8-9-16(17)25/h3-10H,11H2,1-2H3,(H,26,30)(H,27,28,29,31). The van der Waals surface area contributed by atoms with E-state index in [1.54, 1.807) is 37.3 Å². The lowest BCUT2D eigenvalue weighted by Gasteiger charge is -2.09. The van der Waals surface area contributed by atoms with Crippen molar-refractivity contribution in [2.24, 2.45) is 0 Å². The summed E-state index contributed by atoms with van der Waals surface area (Å²) in [7, 11) is 0. The van der Waals surface area contributed by atoms with Crippen LogP contribution in [0.2, 0.25) is 0 Å². The van der Waals surface area contributed by atoms with Crippen molar-refractivity contribution in [3.63, 3.8) is 0 Å². The molecule has 0 spiro atoms. The molecular weight excluding hydrogens is 450 g/mol. The number of amides is 2. The zero-order valence-electron chi connectivity index (χ0n) is 17.6.